The molecular formula is C18H26N2O3S2. The first-order valence-electron chi connectivity index (χ1n) is 8.81. The Morgan fingerprint density at radius 1 is 1.32 bits per heavy atom. The van der Waals surface area contributed by atoms with Crippen LogP contribution in [0.2, 0.25) is 0 Å². The van der Waals surface area contributed by atoms with Gasteiger partial charge < -0.3 is 15.0 Å². The lowest BCUT2D eigenvalue weighted by molar-refractivity contribution is 0.0851. The Bertz CT molecular complexity index is 722. The number of ether oxygens (including phenoxy) is 1. The average Bonchev–Trinajstić information content (AvgIpc) is 3.17. The Morgan fingerprint density at radius 3 is 2.60 bits per heavy atom. The van der Waals surface area contributed by atoms with Crippen LogP contribution < -0.4 is 5.32 Å². The van der Waals surface area contributed by atoms with E-state index in [9.17, 15) is 8.42 Å². The zero-order valence-electron chi connectivity index (χ0n) is 14.8. The third-order valence-electron chi connectivity index (χ3n) is 5.05. The van der Waals surface area contributed by atoms with Crippen molar-refractivity contribution in [1.82, 2.24) is 4.90 Å². The van der Waals surface area contributed by atoms with Crippen molar-refractivity contribution in [3.63, 3.8) is 0 Å². The number of thiocarbonyl (C=S) groups is 1. The Hall–Kier alpha value is -1.18. The second-order valence-corrected chi connectivity index (χ2v) is 9.66. The summed E-state index contributed by atoms with van der Waals surface area (Å²) in [5.41, 5.74) is 3.25. The molecule has 0 spiro atoms. The van der Waals surface area contributed by atoms with E-state index < -0.39 is 9.84 Å². The van der Waals surface area contributed by atoms with Gasteiger partial charge in [-0.1, -0.05) is 18.2 Å². The van der Waals surface area contributed by atoms with Crippen molar-refractivity contribution in [2.45, 2.75) is 45.3 Å². The molecule has 0 radical (unpaired) electrons. The molecule has 2 saturated heterocycles. The lowest BCUT2D eigenvalue weighted by Gasteiger charge is -2.33. The summed E-state index contributed by atoms with van der Waals surface area (Å²) in [6.07, 6.45) is 2.81. The van der Waals surface area contributed by atoms with Crippen molar-refractivity contribution < 1.29 is 13.2 Å². The molecule has 2 heterocycles. The fourth-order valence-electron chi connectivity index (χ4n) is 3.62. The predicted octanol–water partition coefficient (Wildman–Crippen LogP) is 2.67. The first-order chi connectivity index (χ1) is 11.9. The summed E-state index contributed by atoms with van der Waals surface area (Å²) in [6.45, 7) is 5.51. The van der Waals surface area contributed by atoms with Gasteiger partial charge >= 0.3 is 0 Å². The van der Waals surface area contributed by atoms with Crippen molar-refractivity contribution in [2.75, 3.05) is 30.0 Å². The van der Waals surface area contributed by atoms with E-state index in [0.29, 0.717) is 18.1 Å². The van der Waals surface area contributed by atoms with Gasteiger partial charge in [0.15, 0.2) is 14.9 Å². The van der Waals surface area contributed by atoms with Gasteiger partial charge in [-0.25, -0.2) is 8.42 Å². The summed E-state index contributed by atoms with van der Waals surface area (Å²) in [7, 11) is -2.97. The largest absolute Gasteiger partial charge is 0.376 e. The van der Waals surface area contributed by atoms with Crippen molar-refractivity contribution in [3.05, 3.63) is 29.3 Å². The molecule has 1 N–H and O–H groups in total. The monoisotopic (exact) mass is 382 g/mol. The Balaban J connectivity index is 1.79. The molecule has 3 rings (SSSR count). The number of sulfone groups is 1. The number of nitrogens with zero attached hydrogens (tertiary/aromatic N) is 1. The first-order valence-corrected chi connectivity index (χ1v) is 11.0. The van der Waals surface area contributed by atoms with Gasteiger partial charge in [-0.3, -0.25) is 0 Å². The molecule has 5 nitrogen and oxygen atoms in total. The Labute approximate surface area is 155 Å². The highest BCUT2D eigenvalue weighted by atomic mass is 32.2. The molecular weight excluding hydrogens is 356 g/mol. The molecule has 7 heteroatoms. The van der Waals surface area contributed by atoms with Crippen LogP contribution in [0.3, 0.4) is 0 Å². The number of hydrogen-bond donors (Lipinski definition) is 1. The normalized spacial score (nSPS) is 25.0. The summed E-state index contributed by atoms with van der Waals surface area (Å²) < 4.78 is 29.7. The van der Waals surface area contributed by atoms with Crippen molar-refractivity contribution in [2.24, 2.45) is 0 Å². The lowest BCUT2D eigenvalue weighted by Crippen LogP contribution is -2.47. The molecule has 138 valence electrons. The molecule has 2 atom stereocenters. The van der Waals surface area contributed by atoms with Crippen molar-refractivity contribution in [1.29, 1.82) is 0 Å². The molecule has 0 aliphatic carbocycles. The van der Waals surface area contributed by atoms with Gasteiger partial charge in [-0.05, 0) is 56.5 Å². The standard InChI is InChI=1S/C18H26N2O3S2/c1-13-5-3-6-14(2)17(13)19-18(24)20(11-16-7-4-9-23-16)15-8-10-25(21,22)12-15/h3,5-6,15-16H,4,7-12H2,1-2H3,(H,19,24)/t15-,16+/m0/s1. The number of anilines is 1. The van der Waals surface area contributed by atoms with Crippen LogP contribution in [0.5, 0.6) is 0 Å². The van der Waals surface area contributed by atoms with E-state index in [2.05, 4.69) is 5.32 Å². The molecule has 25 heavy (non-hydrogen) atoms. The molecule has 1 aromatic rings. The summed E-state index contributed by atoms with van der Waals surface area (Å²) in [4.78, 5) is 2.04. The maximum Gasteiger partial charge on any atom is 0.173 e. The lowest BCUT2D eigenvalue weighted by atomic mass is 10.1. The van der Waals surface area contributed by atoms with Crippen LogP contribution in [-0.2, 0) is 14.6 Å². The van der Waals surface area contributed by atoms with E-state index in [1.54, 1.807) is 0 Å². The third kappa shape index (κ3) is 4.51. The third-order valence-corrected chi connectivity index (χ3v) is 7.13. The topological polar surface area (TPSA) is 58.6 Å². The SMILES string of the molecule is Cc1cccc(C)c1NC(=S)N(C[C@H]1CCCO1)[C@H]1CCS(=O)(=O)C1. The first kappa shape index (κ1) is 18.6. The zero-order chi connectivity index (χ0) is 18.0. The van der Waals surface area contributed by atoms with E-state index in [4.69, 9.17) is 17.0 Å². The number of para-hydroxylation sites is 1. The Kier molecular flexibility index (Phi) is 5.65. The highest BCUT2D eigenvalue weighted by Gasteiger charge is 2.35. The zero-order valence-corrected chi connectivity index (χ0v) is 16.5. The second kappa shape index (κ2) is 7.60. The van der Waals surface area contributed by atoms with E-state index >= 15 is 0 Å². The number of benzene rings is 1. The number of hydrogen-bond acceptors (Lipinski definition) is 4. The fraction of sp³-hybridized carbons (Fsp3) is 0.611. The van der Waals surface area contributed by atoms with Gasteiger partial charge in [0, 0.05) is 24.9 Å². The molecule has 2 aliphatic heterocycles. The second-order valence-electron chi connectivity index (χ2n) is 7.04. The van der Waals surface area contributed by atoms with Crippen molar-refractivity contribution >= 4 is 32.9 Å². The highest BCUT2D eigenvalue weighted by molar-refractivity contribution is 7.91. The smallest absolute Gasteiger partial charge is 0.173 e. The van der Waals surface area contributed by atoms with E-state index in [0.717, 1.165) is 36.3 Å². The number of aryl methyl sites for hydroxylation is 2. The molecule has 0 amide bonds. The van der Waals surface area contributed by atoms with Crippen LogP contribution in [-0.4, -0.2) is 55.2 Å². The van der Waals surface area contributed by atoms with Gasteiger partial charge in [0.2, 0.25) is 0 Å². The maximum atomic E-state index is 12.0. The maximum absolute atomic E-state index is 12.0. The minimum atomic E-state index is -2.97. The van der Waals surface area contributed by atoms with Crippen LogP contribution in [0.15, 0.2) is 18.2 Å². The van der Waals surface area contributed by atoms with E-state index in [1.165, 1.54) is 0 Å². The van der Waals surface area contributed by atoms with E-state index in [-0.39, 0.29) is 23.7 Å². The highest BCUT2D eigenvalue weighted by Crippen LogP contribution is 2.24. The molecule has 0 saturated carbocycles. The van der Waals surface area contributed by atoms with Crippen molar-refractivity contribution in [3.8, 4) is 0 Å². The fourth-order valence-corrected chi connectivity index (χ4v) is 5.67. The summed E-state index contributed by atoms with van der Waals surface area (Å²) in [6, 6.07) is 6.04. The quantitative estimate of drug-likeness (QED) is 0.808. The van der Waals surface area contributed by atoms with Crippen LogP contribution in [0, 0.1) is 13.8 Å². The average molecular weight is 383 g/mol. The van der Waals surface area contributed by atoms with Gasteiger partial charge in [0.05, 0.1) is 17.6 Å². The number of rotatable bonds is 4. The predicted molar refractivity (Wildman–Crippen MR) is 105 cm³/mol. The minimum Gasteiger partial charge on any atom is -0.376 e. The number of nitrogens with one attached hydrogen (secondary N) is 1. The molecule has 1 aromatic carbocycles. The van der Waals surface area contributed by atoms with Gasteiger partial charge in [-0.15, -0.1) is 0 Å². The molecule has 2 fully saturated rings. The summed E-state index contributed by atoms with van der Waals surface area (Å²) in [5.74, 6) is 0.417. The summed E-state index contributed by atoms with van der Waals surface area (Å²) in [5, 5.41) is 3.96. The van der Waals surface area contributed by atoms with Crippen LogP contribution in [0.25, 0.3) is 0 Å². The van der Waals surface area contributed by atoms with Gasteiger partial charge in [0.1, 0.15) is 0 Å². The van der Waals surface area contributed by atoms with Crippen LogP contribution in [0.4, 0.5) is 5.69 Å². The summed E-state index contributed by atoms with van der Waals surface area (Å²) >= 11 is 5.69. The van der Waals surface area contributed by atoms with Gasteiger partial charge in [0.25, 0.3) is 0 Å². The molecule has 0 aromatic heterocycles. The Morgan fingerprint density at radius 2 is 2.04 bits per heavy atom. The molecule has 0 unspecified atom stereocenters. The van der Waals surface area contributed by atoms with Gasteiger partial charge in [-0.2, -0.15) is 0 Å². The van der Waals surface area contributed by atoms with Crippen LogP contribution in [0.1, 0.15) is 30.4 Å². The minimum absolute atomic E-state index is 0.0708. The van der Waals surface area contributed by atoms with E-state index in [1.807, 2.05) is 36.9 Å². The van der Waals surface area contributed by atoms with Crippen LogP contribution >= 0.6 is 12.2 Å². The molecule has 2 aliphatic rings. The molecule has 0 bridgehead atoms.